The van der Waals surface area contributed by atoms with Crippen LogP contribution in [0.4, 0.5) is 0 Å². The summed E-state index contributed by atoms with van der Waals surface area (Å²) in [6.07, 6.45) is 8.23. The number of aromatic nitrogens is 1. The summed E-state index contributed by atoms with van der Waals surface area (Å²) in [5.41, 5.74) is 1.95. The first kappa shape index (κ1) is 36.7. The van der Waals surface area contributed by atoms with E-state index in [-0.39, 0.29) is 42.3 Å². The number of aliphatic hydroxyl groups is 1. The fraction of sp³-hybridized carbons (Fsp3) is 0.561. The van der Waals surface area contributed by atoms with Gasteiger partial charge in [0, 0.05) is 31.8 Å². The average molecular weight is 728 g/mol. The number of benzene rings is 2. The number of unbranched alkanes of at least 4 members (excludes halogenated alkanes) is 1. The molecule has 1 aliphatic carbocycles. The smallest absolute Gasteiger partial charge is 0.272 e. The number of aliphatic hydroxyl groups excluding tert-OH is 1. The number of fused-ring (bicyclic) bond motifs is 2. The van der Waals surface area contributed by atoms with Crippen LogP contribution in [-0.2, 0) is 25.6 Å². The third-order valence-electron chi connectivity index (χ3n) is 11.1. The number of hydroxylamine groups is 2. The van der Waals surface area contributed by atoms with Crippen LogP contribution in [0, 0.1) is 17.3 Å². The molecule has 278 valence electrons. The van der Waals surface area contributed by atoms with E-state index in [9.17, 15) is 19.5 Å². The number of piperazine rings is 1. The minimum atomic E-state index is -0.835. The van der Waals surface area contributed by atoms with E-state index in [0.717, 1.165) is 68.4 Å². The molecular weight excluding hydrogens is 675 g/mol. The summed E-state index contributed by atoms with van der Waals surface area (Å²) in [6, 6.07) is 17.7. The zero-order valence-electron chi connectivity index (χ0n) is 30.7. The van der Waals surface area contributed by atoms with Gasteiger partial charge in [-0.05, 0) is 98.9 Å². The van der Waals surface area contributed by atoms with Crippen molar-refractivity contribution in [3.05, 3.63) is 71.2 Å². The van der Waals surface area contributed by atoms with Gasteiger partial charge in [-0.15, -0.1) is 11.3 Å². The Morgan fingerprint density at radius 1 is 1.02 bits per heavy atom. The Labute approximate surface area is 311 Å². The minimum absolute atomic E-state index is 0.0221. The largest absolute Gasteiger partial charge is 0.396 e. The van der Waals surface area contributed by atoms with Crippen LogP contribution >= 0.6 is 11.3 Å². The van der Waals surface area contributed by atoms with Gasteiger partial charge in [0.15, 0.2) is 12.3 Å². The lowest BCUT2D eigenvalue weighted by Gasteiger charge is -2.54. The van der Waals surface area contributed by atoms with Crippen LogP contribution in [0.15, 0.2) is 60.7 Å². The predicted octanol–water partition coefficient (Wildman–Crippen LogP) is 5.76. The molecule has 4 fully saturated rings. The van der Waals surface area contributed by atoms with Gasteiger partial charge in [0.1, 0.15) is 11.0 Å². The SMILES string of the molecule is CC(C)(C)C[C@H]1C(=O)N([C@@H]2CCN(CCCCO)C2)C[C@@H]2N(C(=O)/C=C/c3nc4ccccc4s3)O[C@H](C[C@H]3C[C@@H]3CCc3ccccc3)C(=O)N21. The van der Waals surface area contributed by atoms with E-state index in [2.05, 4.69) is 54.9 Å². The summed E-state index contributed by atoms with van der Waals surface area (Å²) >= 11 is 1.52. The highest BCUT2D eigenvalue weighted by Gasteiger charge is 2.55. The van der Waals surface area contributed by atoms with Gasteiger partial charge < -0.3 is 19.8 Å². The summed E-state index contributed by atoms with van der Waals surface area (Å²) in [5, 5.41) is 11.4. The van der Waals surface area contributed by atoms with Gasteiger partial charge in [-0.25, -0.2) is 4.98 Å². The lowest BCUT2D eigenvalue weighted by molar-refractivity contribution is -0.275. The molecule has 7 rings (SSSR count). The lowest BCUT2D eigenvalue weighted by atomic mass is 9.85. The van der Waals surface area contributed by atoms with Crippen LogP contribution < -0.4 is 0 Å². The van der Waals surface area contributed by atoms with E-state index in [0.29, 0.717) is 29.7 Å². The third-order valence-corrected chi connectivity index (χ3v) is 12.1. The zero-order chi connectivity index (χ0) is 36.4. The van der Waals surface area contributed by atoms with Crippen LogP contribution in [0.2, 0.25) is 0 Å². The number of amides is 3. The van der Waals surface area contributed by atoms with E-state index in [1.54, 1.807) is 11.0 Å². The first-order valence-corrected chi connectivity index (χ1v) is 19.9. The summed E-state index contributed by atoms with van der Waals surface area (Å²) in [5.74, 6) is 0.259. The van der Waals surface area contributed by atoms with Crippen LogP contribution in [0.1, 0.15) is 76.3 Å². The predicted molar refractivity (Wildman–Crippen MR) is 203 cm³/mol. The molecule has 10 nitrogen and oxygen atoms in total. The maximum absolute atomic E-state index is 14.6. The Hall–Kier alpha value is -3.64. The molecule has 3 saturated heterocycles. The van der Waals surface area contributed by atoms with Crippen molar-refractivity contribution >= 4 is 45.4 Å². The number of rotatable bonds is 13. The first-order chi connectivity index (χ1) is 25.1. The summed E-state index contributed by atoms with van der Waals surface area (Å²) in [7, 11) is 0. The van der Waals surface area contributed by atoms with Gasteiger partial charge in [-0.2, -0.15) is 5.06 Å². The molecule has 1 saturated carbocycles. The molecule has 0 bridgehead atoms. The summed E-state index contributed by atoms with van der Waals surface area (Å²) in [4.78, 5) is 60.5. The van der Waals surface area contributed by atoms with Gasteiger partial charge in [0.25, 0.3) is 11.8 Å². The molecule has 52 heavy (non-hydrogen) atoms. The van der Waals surface area contributed by atoms with E-state index < -0.39 is 18.3 Å². The maximum atomic E-state index is 14.6. The topological polar surface area (TPSA) is 107 Å². The molecule has 2 aromatic carbocycles. The van der Waals surface area contributed by atoms with E-state index >= 15 is 0 Å². The van der Waals surface area contributed by atoms with E-state index in [1.807, 2.05) is 35.2 Å². The number of thiazole rings is 1. The normalized spacial score (nSPS) is 26.9. The van der Waals surface area contributed by atoms with Crippen molar-refractivity contribution < 1.29 is 24.3 Å². The second kappa shape index (κ2) is 15.8. The van der Waals surface area contributed by atoms with Crippen LogP contribution in [0.5, 0.6) is 0 Å². The van der Waals surface area contributed by atoms with Gasteiger partial charge in [-0.3, -0.25) is 19.2 Å². The first-order valence-electron chi connectivity index (χ1n) is 19.1. The second-order valence-electron chi connectivity index (χ2n) is 16.3. The van der Waals surface area contributed by atoms with Gasteiger partial charge >= 0.3 is 0 Å². The monoisotopic (exact) mass is 727 g/mol. The van der Waals surface area contributed by atoms with Crippen molar-refractivity contribution in [1.82, 2.24) is 24.7 Å². The minimum Gasteiger partial charge on any atom is -0.396 e. The van der Waals surface area contributed by atoms with Crippen molar-refractivity contribution in [3.8, 4) is 0 Å². The molecule has 0 radical (unpaired) electrons. The number of likely N-dealkylation sites (tertiary alicyclic amines) is 1. The van der Waals surface area contributed by atoms with Crippen molar-refractivity contribution in [1.29, 1.82) is 0 Å². The highest BCUT2D eigenvalue weighted by molar-refractivity contribution is 7.19. The maximum Gasteiger partial charge on any atom is 0.272 e. The molecule has 1 aromatic heterocycles. The van der Waals surface area contributed by atoms with Crippen molar-refractivity contribution in [3.63, 3.8) is 0 Å². The Bertz CT molecular complexity index is 1720. The fourth-order valence-electron chi connectivity index (χ4n) is 8.33. The molecule has 0 unspecified atom stereocenters. The molecular formula is C41H53N5O5S. The highest BCUT2D eigenvalue weighted by atomic mass is 32.1. The van der Waals surface area contributed by atoms with Crippen molar-refractivity contribution in [2.24, 2.45) is 17.3 Å². The van der Waals surface area contributed by atoms with E-state index in [4.69, 9.17) is 4.84 Å². The Morgan fingerprint density at radius 3 is 2.58 bits per heavy atom. The fourth-order valence-corrected chi connectivity index (χ4v) is 9.20. The lowest BCUT2D eigenvalue weighted by Crippen LogP contribution is -2.74. The number of para-hydroxylation sites is 1. The van der Waals surface area contributed by atoms with Gasteiger partial charge in [-0.1, -0.05) is 63.2 Å². The molecule has 3 aromatic rings. The molecule has 11 heteroatoms. The molecule has 0 spiro atoms. The molecule has 4 heterocycles. The van der Waals surface area contributed by atoms with Crippen LogP contribution in [0.3, 0.4) is 0 Å². The number of nitrogens with zero attached hydrogens (tertiary/aromatic N) is 5. The highest BCUT2D eigenvalue weighted by Crippen LogP contribution is 2.47. The summed E-state index contributed by atoms with van der Waals surface area (Å²) in [6.45, 7) is 9.15. The van der Waals surface area contributed by atoms with Gasteiger partial charge in [0.2, 0.25) is 5.91 Å². The molecule has 4 aliphatic rings. The Kier molecular flexibility index (Phi) is 11.1. The third kappa shape index (κ3) is 8.43. The average Bonchev–Trinajstić information content (AvgIpc) is 3.47. The molecule has 3 amide bonds. The van der Waals surface area contributed by atoms with Crippen molar-refractivity contribution in [2.75, 3.05) is 32.8 Å². The second-order valence-corrected chi connectivity index (χ2v) is 17.4. The standard InChI is InChI=1S/C41H53N5O5S/c1-41(2,3)25-33-39(49)44(31-19-21-43(26-31)20-9-10-22-47)27-37-45(33)40(50)34(24-30-23-29(30)16-15-28-11-5-4-6-12-28)51-46(37)38(48)18-17-36-42-32-13-7-8-14-35(32)52-36/h4-8,11-14,17-18,29-31,33-34,37,47H,9-10,15-16,19-27H2,1-3H3/b18-17+/t29-,30+,31+,33-,34+,37-/m0/s1. The van der Waals surface area contributed by atoms with Gasteiger partial charge in [0.05, 0.1) is 16.8 Å². The molecule has 3 aliphatic heterocycles. The molecule has 1 N–H and O–H groups in total. The number of hydrogen-bond acceptors (Lipinski definition) is 8. The van der Waals surface area contributed by atoms with Crippen LogP contribution in [-0.4, -0.2) is 105 Å². The number of carbonyl (C=O) groups is 3. The van der Waals surface area contributed by atoms with Crippen LogP contribution in [0.25, 0.3) is 16.3 Å². The quantitative estimate of drug-likeness (QED) is 0.176. The summed E-state index contributed by atoms with van der Waals surface area (Å²) < 4.78 is 1.04. The molecule has 6 atom stereocenters. The number of carbonyl (C=O) groups excluding carboxylic acids is 3. The zero-order valence-corrected chi connectivity index (χ0v) is 31.5. The van der Waals surface area contributed by atoms with Crippen molar-refractivity contribution in [2.45, 2.75) is 96.5 Å². The number of aryl methyl sites for hydroxylation is 1. The Balaban J connectivity index is 1.14. The Morgan fingerprint density at radius 2 is 1.81 bits per heavy atom. The van der Waals surface area contributed by atoms with E-state index in [1.165, 1.54) is 28.0 Å². The number of hydrogen-bond donors (Lipinski definition) is 1.